The molecule has 0 spiro atoms. The van der Waals surface area contributed by atoms with Crippen LogP contribution >= 0.6 is 0 Å². The third kappa shape index (κ3) is 5.96. The van der Waals surface area contributed by atoms with Crippen molar-refractivity contribution in [3.05, 3.63) is 11.8 Å². The van der Waals surface area contributed by atoms with Gasteiger partial charge in [-0.05, 0) is 25.8 Å². The second-order valence-electron chi connectivity index (χ2n) is 2.71. The van der Waals surface area contributed by atoms with Crippen molar-refractivity contribution in [3.8, 4) is 0 Å². The molecule has 0 rings (SSSR count). The summed E-state index contributed by atoms with van der Waals surface area (Å²) in [5.74, 6) is 1.16. The molecular weight excluding hydrogens is 136 g/mol. The smallest absolute Gasteiger partial charge is 0.0917 e. The van der Waals surface area contributed by atoms with E-state index in [1.807, 2.05) is 6.92 Å². The van der Waals surface area contributed by atoms with Crippen molar-refractivity contribution in [2.24, 2.45) is 0 Å². The lowest BCUT2D eigenvalue weighted by Gasteiger charge is -2.07. The molecule has 0 saturated carbocycles. The summed E-state index contributed by atoms with van der Waals surface area (Å²) in [5, 5.41) is 0. The molecule has 0 fully saturated rings. The lowest BCUT2D eigenvalue weighted by molar-refractivity contribution is 0.200. The molecular formula is C10H20O. The number of hydrogen-bond acceptors (Lipinski definition) is 1. The van der Waals surface area contributed by atoms with Gasteiger partial charge in [-0.1, -0.05) is 20.3 Å². The van der Waals surface area contributed by atoms with E-state index < -0.39 is 0 Å². The zero-order chi connectivity index (χ0) is 8.53. The Kier molecular flexibility index (Phi) is 7.33. The molecule has 0 aromatic rings. The lowest BCUT2D eigenvalue weighted by atomic mass is 10.2. The predicted octanol–water partition coefficient (Wildman–Crippen LogP) is 3.51. The van der Waals surface area contributed by atoms with E-state index in [1.54, 1.807) is 0 Å². The highest BCUT2D eigenvalue weighted by Gasteiger charge is 1.94. The first-order valence-electron chi connectivity index (χ1n) is 4.63. The molecule has 0 aliphatic heterocycles. The number of ether oxygens (including phenoxy) is 1. The maximum Gasteiger partial charge on any atom is 0.0917 e. The Labute approximate surface area is 70.4 Å². The zero-order valence-corrected chi connectivity index (χ0v) is 8.02. The standard InChI is InChI=1S/C10H20O/c1-4-7-8-10(6-3)11-9-5-2/h6H,4-5,7-9H2,1-3H3/b10-6+. The molecule has 0 saturated heterocycles. The molecule has 0 atom stereocenters. The van der Waals surface area contributed by atoms with Crippen LogP contribution in [-0.4, -0.2) is 6.61 Å². The fourth-order valence-corrected chi connectivity index (χ4v) is 0.884. The molecule has 0 aliphatic rings. The normalized spacial score (nSPS) is 11.7. The summed E-state index contributed by atoms with van der Waals surface area (Å²) in [7, 11) is 0. The Bertz CT molecular complexity index is 95.4. The minimum absolute atomic E-state index is 0.864. The Morgan fingerprint density at radius 1 is 1.27 bits per heavy atom. The third-order valence-electron chi connectivity index (χ3n) is 1.59. The zero-order valence-electron chi connectivity index (χ0n) is 8.02. The van der Waals surface area contributed by atoms with Crippen LogP contribution in [0.1, 0.15) is 46.5 Å². The minimum atomic E-state index is 0.864. The van der Waals surface area contributed by atoms with E-state index >= 15 is 0 Å². The maximum atomic E-state index is 5.50. The van der Waals surface area contributed by atoms with Crippen LogP contribution < -0.4 is 0 Å². The highest BCUT2D eigenvalue weighted by molar-refractivity contribution is 4.89. The number of allylic oxidation sites excluding steroid dienone is 2. The van der Waals surface area contributed by atoms with Crippen LogP contribution in [-0.2, 0) is 4.74 Å². The van der Waals surface area contributed by atoms with Gasteiger partial charge in [-0.25, -0.2) is 0 Å². The Morgan fingerprint density at radius 2 is 2.00 bits per heavy atom. The summed E-state index contributed by atoms with van der Waals surface area (Å²) in [6, 6.07) is 0. The first kappa shape index (κ1) is 10.5. The van der Waals surface area contributed by atoms with E-state index in [2.05, 4.69) is 19.9 Å². The maximum absolute atomic E-state index is 5.50. The van der Waals surface area contributed by atoms with Gasteiger partial charge in [0, 0.05) is 6.42 Å². The van der Waals surface area contributed by atoms with Gasteiger partial charge in [-0.15, -0.1) is 0 Å². The average molecular weight is 156 g/mol. The van der Waals surface area contributed by atoms with Gasteiger partial charge in [0.15, 0.2) is 0 Å². The van der Waals surface area contributed by atoms with Crippen molar-refractivity contribution in [1.29, 1.82) is 0 Å². The summed E-state index contributed by atoms with van der Waals surface area (Å²) in [6.07, 6.45) is 6.76. The summed E-state index contributed by atoms with van der Waals surface area (Å²) >= 11 is 0. The Balaban J connectivity index is 3.43. The number of unbranched alkanes of at least 4 members (excludes halogenated alkanes) is 1. The van der Waals surface area contributed by atoms with E-state index in [1.165, 1.54) is 12.8 Å². The van der Waals surface area contributed by atoms with E-state index in [4.69, 9.17) is 4.74 Å². The molecule has 0 aliphatic carbocycles. The van der Waals surface area contributed by atoms with Crippen molar-refractivity contribution < 1.29 is 4.74 Å². The van der Waals surface area contributed by atoms with E-state index in [0.717, 1.165) is 25.2 Å². The molecule has 11 heavy (non-hydrogen) atoms. The molecule has 0 N–H and O–H groups in total. The molecule has 0 radical (unpaired) electrons. The van der Waals surface area contributed by atoms with E-state index in [0.29, 0.717) is 0 Å². The van der Waals surface area contributed by atoms with E-state index in [-0.39, 0.29) is 0 Å². The van der Waals surface area contributed by atoms with Crippen LogP contribution in [0.4, 0.5) is 0 Å². The first-order chi connectivity index (χ1) is 5.35. The van der Waals surface area contributed by atoms with Gasteiger partial charge in [-0.2, -0.15) is 0 Å². The van der Waals surface area contributed by atoms with Gasteiger partial charge in [0.2, 0.25) is 0 Å². The molecule has 0 bridgehead atoms. The first-order valence-corrected chi connectivity index (χ1v) is 4.63. The molecule has 1 nitrogen and oxygen atoms in total. The van der Waals surface area contributed by atoms with Crippen molar-refractivity contribution in [2.75, 3.05) is 6.61 Å². The van der Waals surface area contributed by atoms with Crippen molar-refractivity contribution in [1.82, 2.24) is 0 Å². The van der Waals surface area contributed by atoms with Crippen molar-refractivity contribution in [3.63, 3.8) is 0 Å². The van der Waals surface area contributed by atoms with Crippen LogP contribution in [0.2, 0.25) is 0 Å². The minimum Gasteiger partial charge on any atom is -0.498 e. The molecule has 66 valence electrons. The monoisotopic (exact) mass is 156 g/mol. The van der Waals surface area contributed by atoms with Gasteiger partial charge >= 0.3 is 0 Å². The van der Waals surface area contributed by atoms with Crippen LogP contribution in [0.5, 0.6) is 0 Å². The lowest BCUT2D eigenvalue weighted by Crippen LogP contribution is -1.93. The summed E-state index contributed by atoms with van der Waals surface area (Å²) in [6.45, 7) is 7.24. The van der Waals surface area contributed by atoms with Gasteiger partial charge in [0.25, 0.3) is 0 Å². The molecule has 0 aromatic carbocycles. The molecule has 1 heteroatoms. The quantitative estimate of drug-likeness (QED) is 0.535. The van der Waals surface area contributed by atoms with Crippen LogP contribution in [0.25, 0.3) is 0 Å². The largest absolute Gasteiger partial charge is 0.498 e. The fourth-order valence-electron chi connectivity index (χ4n) is 0.884. The number of rotatable bonds is 6. The van der Waals surface area contributed by atoms with Gasteiger partial charge in [0.05, 0.1) is 12.4 Å². The van der Waals surface area contributed by atoms with E-state index in [9.17, 15) is 0 Å². The van der Waals surface area contributed by atoms with Crippen molar-refractivity contribution in [2.45, 2.75) is 46.5 Å². The van der Waals surface area contributed by atoms with Crippen LogP contribution in [0, 0.1) is 0 Å². The average Bonchev–Trinajstić information content (AvgIpc) is 2.05. The summed E-state index contributed by atoms with van der Waals surface area (Å²) < 4.78 is 5.50. The predicted molar refractivity (Wildman–Crippen MR) is 49.5 cm³/mol. The van der Waals surface area contributed by atoms with Crippen LogP contribution in [0.3, 0.4) is 0 Å². The fraction of sp³-hybridized carbons (Fsp3) is 0.800. The van der Waals surface area contributed by atoms with Crippen molar-refractivity contribution >= 4 is 0 Å². The Hall–Kier alpha value is -0.460. The molecule has 0 amide bonds. The van der Waals surface area contributed by atoms with Gasteiger partial charge in [0.1, 0.15) is 0 Å². The highest BCUT2D eigenvalue weighted by Crippen LogP contribution is 2.08. The Morgan fingerprint density at radius 3 is 2.45 bits per heavy atom. The molecule has 0 aromatic heterocycles. The second-order valence-corrected chi connectivity index (χ2v) is 2.71. The summed E-state index contributed by atoms with van der Waals surface area (Å²) in [5.41, 5.74) is 0. The molecule has 0 unspecified atom stereocenters. The highest BCUT2D eigenvalue weighted by atomic mass is 16.5. The summed E-state index contributed by atoms with van der Waals surface area (Å²) in [4.78, 5) is 0. The third-order valence-corrected chi connectivity index (χ3v) is 1.59. The topological polar surface area (TPSA) is 9.23 Å². The molecule has 0 heterocycles. The van der Waals surface area contributed by atoms with Gasteiger partial charge < -0.3 is 4.74 Å². The second kappa shape index (κ2) is 7.64. The van der Waals surface area contributed by atoms with Gasteiger partial charge in [-0.3, -0.25) is 0 Å². The van der Waals surface area contributed by atoms with Crippen LogP contribution in [0.15, 0.2) is 11.8 Å². The SMILES string of the molecule is C/C=C(\CCCC)OCCC. The number of hydrogen-bond donors (Lipinski definition) is 0.